The first-order chi connectivity index (χ1) is 35.5. The van der Waals surface area contributed by atoms with E-state index in [-0.39, 0.29) is 37.4 Å². The molecule has 0 amide bonds. The van der Waals surface area contributed by atoms with E-state index < -0.39 is 181 Å². The van der Waals surface area contributed by atoms with Gasteiger partial charge in [0.15, 0.2) is 18.9 Å². The highest BCUT2D eigenvalue weighted by Gasteiger charge is 2.73. The Hall–Kier alpha value is -1.14. The van der Waals surface area contributed by atoms with Gasteiger partial charge in [0, 0.05) is 0 Å². The predicted molar refractivity (Wildman–Crippen MR) is 265 cm³/mol. The number of ether oxygens (including phenoxy) is 7. The van der Waals surface area contributed by atoms with Crippen molar-refractivity contribution in [2.75, 3.05) is 26.4 Å². The van der Waals surface area contributed by atoms with Crippen molar-refractivity contribution in [3.63, 3.8) is 0 Å². The molecule has 440 valence electrons. The van der Waals surface area contributed by atoms with E-state index in [4.69, 9.17) is 33.2 Å². The molecule has 30 atom stereocenters. The lowest BCUT2D eigenvalue weighted by Gasteiger charge is -2.71. The van der Waals surface area contributed by atoms with Gasteiger partial charge in [-0.3, -0.25) is 0 Å². The van der Waals surface area contributed by atoms with E-state index in [9.17, 15) is 76.6 Å². The molecular formula is C54H92O22. The third kappa shape index (κ3) is 10.5. The van der Waals surface area contributed by atoms with Crippen LogP contribution in [-0.4, -0.2) is 238 Å². The van der Waals surface area contributed by atoms with E-state index in [0.29, 0.717) is 38.5 Å². The summed E-state index contributed by atoms with van der Waals surface area (Å²) in [6.07, 6.45) is -24.1. The molecule has 8 aliphatic rings. The highest BCUT2D eigenvalue weighted by atomic mass is 16.8. The Bertz CT molecular complexity index is 1980. The molecule has 15 N–H and O–H groups in total. The van der Waals surface area contributed by atoms with Crippen molar-refractivity contribution in [2.45, 2.75) is 248 Å². The van der Waals surface area contributed by atoms with Gasteiger partial charge in [-0.2, -0.15) is 0 Å². The minimum atomic E-state index is -1.84. The van der Waals surface area contributed by atoms with Crippen molar-refractivity contribution in [1.29, 1.82) is 0 Å². The van der Waals surface area contributed by atoms with Gasteiger partial charge < -0.3 is 110 Å². The quantitative estimate of drug-likeness (QED) is 0.0627. The second-order valence-corrected chi connectivity index (χ2v) is 26.1. The van der Waals surface area contributed by atoms with E-state index in [2.05, 4.69) is 33.8 Å². The molecule has 0 aromatic carbocycles. The largest absolute Gasteiger partial charge is 0.394 e. The molecule has 0 radical (unpaired) electrons. The molecule has 76 heavy (non-hydrogen) atoms. The van der Waals surface area contributed by atoms with Crippen LogP contribution in [0.3, 0.4) is 0 Å². The van der Waals surface area contributed by atoms with E-state index in [1.54, 1.807) is 0 Å². The average molecular weight is 1090 g/mol. The Morgan fingerprint density at radius 1 is 0.605 bits per heavy atom. The summed E-state index contributed by atoms with van der Waals surface area (Å²) in [4.78, 5) is 0. The van der Waals surface area contributed by atoms with Crippen molar-refractivity contribution < 1.29 is 110 Å². The molecule has 4 heterocycles. The maximum atomic E-state index is 12.9. The minimum absolute atomic E-state index is 0.0820. The summed E-state index contributed by atoms with van der Waals surface area (Å²) in [5.74, 6) is -0.849. The number of rotatable bonds is 15. The predicted octanol–water partition coefficient (Wildman–Crippen LogP) is -1.93. The summed E-state index contributed by atoms with van der Waals surface area (Å²) < 4.78 is 42.0. The summed E-state index contributed by atoms with van der Waals surface area (Å²) >= 11 is 0. The summed E-state index contributed by atoms with van der Waals surface area (Å²) in [5, 5.41) is 165. The number of hydrogen-bond acceptors (Lipinski definition) is 22. The van der Waals surface area contributed by atoms with E-state index in [1.165, 1.54) is 0 Å². The van der Waals surface area contributed by atoms with Gasteiger partial charge in [-0.25, -0.2) is 0 Å². The highest BCUT2D eigenvalue weighted by molar-refractivity contribution is 5.22. The molecule has 4 saturated carbocycles. The maximum absolute atomic E-state index is 12.9. The second kappa shape index (κ2) is 22.9. The average Bonchev–Trinajstić information content (AvgIpc) is 3.75. The van der Waals surface area contributed by atoms with Gasteiger partial charge in [0.05, 0.1) is 50.8 Å². The Morgan fingerprint density at radius 2 is 1.20 bits per heavy atom. The summed E-state index contributed by atoms with van der Waals surface area (Å²) in [5.41, 5.74) is -1.85. The molecule has 4 aliphatic carbocycles. The Kier molecular flexibility index (Phi) is 18.4. The molecule has 0 unspecified atom stereocenters. The van der Waals surface area contributed by atoms with Crippen LogP contribution in [0, 0.1) is 50.7 Å². The Balaban J connectivity index is 1.03. The molecule has 4 aliphatic heterocycles. The first kappa shape index (κ1) is 60.9. The van der Waals surface area contributed by atoms with Crippen molar-refractivity contribution in [1.82, 2.24) is 0 Å². The van der Waals surface area contributed by atoms with Crippen molar-refractivity contribution >= 4 is 0 Å². The van der Waals surface area contributed by atoms with Gasteiger partial charge in [0.1, 0.15) is 91.6 Å². The zero-order chi connectivity index (χ0) is 55.9. The summed E-state index contributed by atoms with van der Waals surface area (Å²) in [7, 11) is 0. The minimum Gasteiger partial charge on any atom is -0.394 e. The third-order valence-corrected chi connectivity index (χ3v) is 21.0. The number of allylic oxidation sites excluding steroid dienone is 2. The second-order valence-electron chi connectivity index (χ2n) is 26.1. The fourth-order valence-corrected chi connectivity index (χ4v) is 16.8. The summed E-state index contributed by atoms with van der Waals surface area (Å²) in [6, 6.07) is 0. The fraction of sp³-hybridized carbons (Fsp3) is 0.963. The van der Waals surface area contributed by atoms with Gasteiger partial charge in [-0.1, -0.05) is 53.2 Å². The Morgan fingerprint density at radius 3 is 1.84 bits per heavy atom. The van der Waals surface area contributed by atoms with Crippen LogP contribution < -0.4 is 0 Å². The molecule has 0 aromatic rings. The van der Waals surface area contributed by atoms with E-state index in [0.717, 1.165) is 18.4 Å². The van der Waals surface area contributed by atoms with Crippen LogP contribution in [0.5, 0.6) is 0 Å². The third-order valence-electron chi connectivity index (χ3n) is 21.0. The highest BCUT2D eigenvalue weighted by Crippen LogP contribution is 2.76. The van der Waals surface area contributed by atoms with Crippen molar-refractivity contribution in [2.24, 2.45) is 50.7 Å². The SMILES string of the molecule is CC(C)=CCC[C@](C)(C[C@@H]1O[C@H](CO[C@H]2OC[C@@H](O)[C@H](O)[C@H]2O)[C@@H](O)[C@H](O)[C@H]1O)[C@H]1CC[C@]2(C)[C@@H]1[C@H](O)C[C@@H]1[C@@]3(C)CC[C@H](O[C@@H]4O[C@H](CO)[C@@H](O)[C@H](O)[C@H]4O[C@@H]4O[C@H](CO)[C@@H](O)[C@H](O)[C@H]4O)C(C)(C)[C@@H]3[C@@H](O)C[C@]12C. The molecule has 4 saturated heterocycles. The topological polar surface area (TPSA) is 368 Å². The molecule has 22 nitrogen and oxygen atoms in total. The molecule has 0 spiro atoms. The lowest BCUT2D eigenvalue weighted by molar-refractivity contribution is -0.380. The van der Waals surface area contributed by atoms with Gasteiger partial charge in [0.2, 0.25) is 0 Å². The standard InChI is InChI=1S/C54H92O22/c1-23(2)10-9-13-51(5,18-28-36(61)40(65)39(64)31(72-28)22-71-47-43(68)35(60)27(59)21-70-47)24-11-15-53(7)34(24)25(57)16-32-52(6)14-12-33(50(3,4)46(52)26(58)17-54(32,53)8)75-49-45(42(67)38(63)30(20-56)74-49)76-48-44(69)41(66)37(62)29(19-55)73-48/h10,24-49,55-69H,9,11-22H2,1-8H3/t24-,25+,26-,27+,28-,29+,30+,31+,32+,33-,34-,35-,36-,37+,38+,39+,40+,41-,42-,43+,44+,45+,46-,47+,48-,49-,51+,52+,53+,54+/m0/s1. The molecule has 8 fully saturated rings. The van der Waals surface area contributed by atoms with Gasteiger partial charge in [-0.05, 0) is 122 Å². The lowest BCUT2D eigenvalue weighted by Crippen LogP contribution is -2.70. The first-order valence-electron chi connectivity index (χ1n) is 27.7. The van der Waals surface area contributed by atoms with E-state index in [1.807, 2.05) is 27.7 Å². The van der Waals surface area contributed by atoms with Crippen molar-refractivity contribution in [3.05, 3.63) is 11.6 Å². The number of hydrogen-bond donors (Lipinski definition) is 15. The van der Waals surface area contributed by atoms with Gasteiger partial charge in [0.25, 0.3) is 0 Å². The van der Waals surface area contributed by atoms with Crippen LogP contribution in [0.1, 0.15) is 113 Å². The lowest BCUT2D eigenvalue weighted by atomic mass is 9.34. The van der Waals surface area contributed by atoms with Crippen LogP contribution >= 0.6 is 0 Å². The molecule has 0 aromatic heterocycles. The normalized spacial score (nSPS) is 53.2. The van der Waals surface area contributed by atoms with Crippen LogP contribution in [0.15, 0.2) is 11.6 Å². The Labute approximate surface area is 445 Å². The van der Waals surface area contributed by atoms with Crippen LogP contribution in [-0.2, 0) is 33.2 Å². The smallest absolute Gasteiger partial charge is 0.187 e. The number of aliphatic hydroxyl groups is 15. The van der Waals surface area contributed by atoms with Crippen LogP contribution in [0.25, 0.3) is 0 Å². The van der Waals surface area contributed by atoms with Crippen molar-refractivity contribution in [3.8, 4) is 0 Å². The van der Waals surface area contributed by atoms with Crippen LogP contribution in [0.4, 0.5) is 0 Å². The zero-order valence-electron chi connectivity index (χ0n) is 45.3. The summed E-state index contributed by atoms with van der Waals surface area (Å²) in [6.45, 7) is 14.8. The van der Waals surface area contributed by atoms with Gasteiger partial charge >= 0.3 is 0 Å². The van der Waals surface area contributed by atoms with Gasteiger partial charge in [-0.15, -0.1) is 0 Å². The zero-order valence-corrected chi connectivity index (χ0v) is 45.3. The monoisotopic (exact) mass is 1090 g/mol. The van der Waals surface area contributed by atoms with E-state index >= 15 is 0 Å². The molecule has 22 heteroatoms. The molecule has 8 rings (SSSR count). The molecule has 0 bridgehead atoms. The maximum Gasteiger partial charge on any atom is 0.187 e. The fourth-order valence-electron chi connectivity index (χ4n) is 16.8. The van der Waals surface area contributed by atoms with Crippen LogP contribution in [0.2, 0.25) is 0 Å². The molecular weight excluding hydrogens is 1000 g/mol. The first-order valence-corrected chi connectivity index (χ1v) is 27.7. The number of fused-ring (bicyclic) bond motifs is 5. The number of aliphatic hydroxyl groups excluding tert-OH is 15.